The Hall–Kier alpha value is -2.42. The van der Waals surface area contributed by atoms with Gasteiger partial charge in [-0.3, -0.25) is 0 Å². The van der Waals surface area contributed by atoms with Crippen LogP contribution in [0.4, 0.5) is 0 Å². The molecule has 2 rings (SSSR count). The molecule has 2 aromatic rings. The fourth-order valence-corrected chi connectivity index (χ4v) is 1.69. The summed E-state index contributed by atoms with van der Waals surface area (Å²) in [7, 11) is 1.55. The highest BCUT2D eigenvalue weighted by molar-refractivity contribution is 5.48. The van der Waals surface area contributed by atoms with E-state index in [9.17, 15) is 5.11 Å². The number of aromatic hydroxyl groups is 2. The van der Waals surface area contributed by atoms with Crippen molar-refractivity contribution in [1.82, 2.24) is 0 Å². The highest BCUT2D eigenvalue weighted by atomic mass is 16.5. The first-order valence-corrected chi connectivity index (χ1v) is 6.30. The van der Waals surface area contributed by atoms with Gasteiger partial charge >= 0.3 is 0 Å². The van der Waals surface area contributed by atoms with E-state index >= 15 is 0 Å². The van der Waals surface area contributed by atoms with Gasteiger partial charge in [-0.1, -0.05) is 30.3 Å². The second kappa shape index (κ2) is 7.89. The van der Waals surface area contributed by atoms with Gasteiger partial charge in [-0.2, -0.15) is 0 Å². The number of phenolic OH excluding ortho intramolecular Hbond substituents is 2. The molecule has 0 saturated carbocycles. The van der Waals surface area contributed by atoms with Crippen molar-refractivity contribution in [3.05, 3.63) is 66.2 Å². The standard InChI is InChI=1S/C11H14O2.C6H6O/c1-4-5-9-6-8(2)11(12)10(7-9)13-3;7-6-4-2-1-3-5-6/h4,6-7,12H,1,5H2,2-3H3;1-5,7H. The molecule has 3 heteroatoms. The number of hydrogen-bond acceptors (Lipinski definition) is 3. The van der Waals surface area contributed by atoms with E-state index in [1.54, 1.807) is 31.4 Å². The average molecular weight is 272 g/mol. The molecule has 0 unspecified atom stereocenters. The number of para-hydroxylation sites is 1. The molecule has 0 aliphatic heterocycles. The largest absolute Gasteiger partial charge is 0.508 e. The fourth-order valence-electron chi connectivity index (χ4n) is 1.69. The predicted octanol–water partition coefficient (Wildman–Crippen LogP) is 3.83. The van der Waals surface area contributed by atoms with Crippen LogP contribution in [0.2, 0.25) is 0 Å². The lowest BCUT2D eigenvalue weighted by molar-refractivity contribution is 0.371. The molecule has 106 valence electrons. The van der Waals surface area contributed by atoms with Crippen molar-refractivity contribution in [2.75, 3.05) is 7.11 Å². The van der Waals surface area contributed by atoms with Crippen molar-refractivity contribution in [2.45, 2.75) is 13.3 Å². The summed E-state index contributed by atoms with van der Waals surface area (Å²) in [4.78, 5) is 0. The van der Waals surface area contributed by atoms with Gasteiger partial charge in [0.1, 0.15) is 5.75 Å². The minimum absolute atomic E-state index is 0.218. The van der Waals surface area contributed by atoms with E-state index in [2.05, 4.69) is 6.58 Å². The first kappa shape index (κ1) is 15.6. The molecule has 0 saturated heterocycles. The smallest absolute Gasteiger partial charge is 0.161 e. The van der Waals surface area contributed by atoms with Crippen LogP contribution in [0.15, 0.2) is 55.1 Å². The third-order valence-electron chi connectivity index (χ3n) is 2.68. The molecule has 0 amide bonds. The van der Waals surface area contributed by atoms with Gasteiger partial charge in [0.15, 0.2) is 11.5 Å². The quantitative estimate of drug-likeness (QED) is 0.835. The van der Waals surface area contributed by atoms with Gasteiger partial charge in [-0.25, -0.2) is 0 Å². The van der Waals surface area contributed by atoms with Gasteiger partial charge in [0.2, 0.25) is 0 Å². The zero-order valence-electron chi connectivity index (χ0n) is 11.8. The number of methoxy groups -OCH3 is 1. The van der Waals surface area contributed by atoms with Crippen molar-refractivity contribution in [3.8, 4) is 17.2 Å². The number of aryl methyl sites for hydroxylation is 1. The Bertz CT molecular complexity index is 548. The topological polar surface area (TPSA) is 49.7 Å². The zero-order valence-corrected chi connectivity index (χ0v) is 11.8. The van der Waals surface area contributed by atoms with Crippen molar-refractivity contribution in [3.63, 3.8) is 0 Å². The number of allylic oxidation sites excluding steroid dienone is 1. The molecule has 20 heavy (non-hydrogen) atoms. The SMILES string of the molecule is C=CCc1cc(C)c(O)c(OC)c1.Oc1ccccc1. The summed E-state index contributed by atoms with van der Waals surface area (Å²) in [5.74, 6) is 1.06. The Kier molecular flexibility index (Phi) is 6.17. The molecule has 2 N–H and O–H groups in total. The number of phenols is 2. The second-order valence-corrected chi connectivity index (χ2v) is 4.29. The van der Waals surface area contributed by atoms with Crippen LogP contribution in [-0.2, 0) is 6.42 Å². The summed E-state index contributed by atoms with van der Waals surface area (Å²) in [6, 6.07) is 12.5. The predicted molar refractivity (Wildman–Crippen MR) is 81.4 cm³/mol. The van der Waals surface area contributed by atoms with Crippen LogP contribution >= 0.6 is 0 Å². The highest BCUT2D eigenvalue weighted by Crippen LogP contribution is 2.30. The van der Waals surface area contributed by atoms with Crippen LogP contribution in [0, 0.1) is 6.92 Å². The second-order valence-electron chi connectivity index (χ2n) is 4.29. The molecule has 2 aromatic carbocycles. The van der Waals surface area contributed by atoms with Crippen molar-refractivity contribution in [2.24, 2.45) is 0 Å². The Morgan fingerprint density at radius 2 is 1.80 bits per heavy atom. The molecule has 0 spiro atoms. The third-order valence-corrected chi connectivity index (χ3v) is 2.68. The highest BCUT2D eigenvalue weighted by Gasteiger charge is 2.05. The van der Waals surface area contributed by atoms with E-state index in [1.165, 1.54) is 0 Å². The van der Waals surface area contributed by atoms with Crippen LogP contribution in [-0.4, -0.2) is 17.3 Å². The van der Waals surface area contributed by atoms with Gasteiger partial charge < -0.3 is 14.9 Å². The molecule has 0 heterocycles. The molecule has 3 nitrogen and oxygen atoms in total. The lowest BCUT2D eigenvalue weighted by Gasteiger charge is -2.08. The average Bonchev–Trinajstić information content (AvgIpc) is 2.44. The molecule has 0 radical (unpaired) electrons. The van der Waals surface area contributed by atoms with Gasteiger partial charge in [0.25, 0.3) is 0 Å². The van der Waals surface area contributed by atoms with Crippen LogP contribution in [0.3, 0.4) is 0 Å². The molecule has 0 aliphatic rings. The summed E-state index contributed by atoms with van der Waals surface area (Å²) in [5.41, 5.74) is 1.93. The molecular formula is C17H20O3. The van der Waals surface area contributed by atoms with Gasteiger partial charge in [0, 0.05) is 0 Å². The molecule has 0 atom stereocenters. The maximum Gasteiger partial charge on any atom is 0.161 e. The lowest BCUT2D eigenvalue weighted by atomic mass is 10.1. The van der Waals surface area contributed by atoms with Crippen LogP contribution in [0.5, 0.6) is 17.2 Å². The number of hydrogen-bond donors (Lipinski definition) is 2. The van der Waals surface area contributed by atoms with E-state index < -0.39 is 0 Å². The normalized spacial score (nSPS) is 9.30. The van der Waals surface area contributed by atoms with Gasteiger partial charge in [0.05, 0.1) is 7.11 Å². The van der Waals surface area contributed by atoms with Crippen molar-refractivity contribution < 1.29 is 14.9 Å². The summed E-state index contributed by atoms with van der Waals surface area (Å²) in [6.45, 7) is 5.51. The molecule has 0 aliphatic carbocycles. The Morgan fingerprint density at radius 3 is 2.25 bits per heavy atom. The zero-order chi connectivity index (χ0) is 15.0. The Labute approximate surface area is 119 Å². The van der Waals surface area contributed by atoms with E-state index in [1.807, 2.05) is 31.2 Å². The van der Waals surface area contributed by atoms with Crippen molar-refractivity contribution in [1.29, 1.82) is 0 Å². The number of ether oxygens (including phenoxy) is 1. The number of benzene rings is 2. The maximum absolute atomic E-state index is 9.54. The molecule has 0 bridgehead atoms. The first-order chi connectivity index (χ1) is 9.58. The van der Waals surface area contributed by atoms with E-state index in [0.717, 1.165) is 17.5 Å². The van der Waals surface area contributed by atoms with Gasteiger partial charge in [-0.15, -0.1) is 6.58 Å². The first-order valence-electron chi connectivity index (χ1n) is 6.30. The molecule has 0 fully saturated rings. The summed E-state index contributed by atoms with van der Waals surface area (Å²) >= 11 is 0. The van der Waals surface area contributed by atoms with E-state index in [4.69, 9.17) is 9.84 Å². The summed E-state index contributed by atoms with van der Waals surface area (Å²) in [5, 5.41) is 18.2. The van der Waals surface area contributed by atoms with Crippen LogP contribution < -0.4 is 4.74 Å². The summed E-state index contributed by atoms with van der Waals surface area (Å²) in [6.07, 6.45) is 2.61. The monoisotopic (exact) mass is 272 g/mol. The maximum atomic E-state index is 9.54. The lowest BCUT2D eigenvalue weighted by Crippen LogP contribution is -1.89. The van der Waals surface area contributed by atoms with Crippen LogP contribution in [0.1, 0.15) is 11.1 Å². The number of rotatable bonds is 3. The van der Waals surface area contributed by atoms with E-state index in [-0.39, 0.29) is 5.75 Å². The van der Waals surface area contributed by atoms with Crippen LogP contribution in [0.25, 0.3) is 0 Å². The van der Waals surface area contributed by atoms with E-state index in [0.29, 0.717) is 11.5 Å². The minimum Gasteiger partial charge on any atom is -0.508 e. The van der Waals surface area contributed by atoms with Gasteiger partial charge in [-0.05, 0) is 42.7 Å². The Balaban J connectivity index is 0.000000240. The fraction of sp³-hybridized carbons (Fsp3) is 0.176. The molecular weight excluding hydrogens is 252 g/mol. The minimum atomic E-state index is 0.218. The molecule has 0 aromatic heterocycles. The summed E-state index contributed by atoms with van der Waals surface area (Å²) < 4.78 is 5.03. The van der Waals surface area contributed by atoms with Crippen molar-refractivity contribution >= 4 is 0 Å². The Morgan fingerprint density at radius 1 is 1.15 bits per heavy atom. The third kappa shape index (κ3) is 4.69.